The summed E-state index contributed by atoms with van der Waals surface area (Å²) in [6.45, 7) is 1.84. The number of amides is 2. The van der Waals surface area contributed by atoms with Gasteiger partial charge in [0.15, 0.2) is 5.76 Å². The van der Waals surface area contributed by atoms with Crippen LogP contribution in [0.15, 0.2) is 94.6 Å². The van der Waals surface area contributed by atoms with Crippen LogP contribution in [0.3, 0.4) is 0 Å². The Morgan fingerprint density at radius 1 is 0.889 bits per heavy atom. The van der Waals surface area contributed by atoms with E-state index >= 15 is 0 Å². The number of hydrogen-bond donors (Lipinski definition) is 2. The van der Waals surface area contributed by atoms with Crippen molar-refractivity contribution in [1.29, 1.82) is 0 Å². The third-order valence-electron chi connectivity index (χ3n) is 5.96. The molecule has 0 spiro atoms. The summed E-state index contributed by atoms with van der Waals surface area (Å²) in [6, 6.07) is 24.3. The topological polar surface area (TPSA) is 99.8 Å². The Kier molecular flexibility index (Phi) is 6.57. The molecule has 0 fully saturated rings. The first kappa shape index (κ1) is 23.0. The van der Waals surface area contributed by atoms with Crippen molar-refractivity contribution in [2.45, 2.75) is 26.2 Å². The fourth-order valence-electron chi connectivity index (χ4n) is 4.25. The number of para-hydroxylation sites is 2. The number of aryl methyl sites for hydroxylation is 1. The number of fused-ring (bicyclic) bond motifs is 1. The number of nitrogens with zero attached hydrogens (tertiary/aromatic N) is 3. The lowest BCUT2D eigenvalue weighted by molar-refractivity contribution is 0.0921. The number of pyridine rings is 1. The Morgan fingerprint density at radius 3 is 2.19 bits per heavy atom. The molecule has 1 aliphatic carbocycles. The number of carbonyl (C=O) groups is 2. The minimum atomic E-state index is -0.393. The zero-order valence-electron chi connectivity index (χ0n) is 19.8. The van der Waals surface area contributed by atoms with Gasteiger partial charge in [0.2, 0.25) is 0 Å². The van der Waals surface area contributed by atoms with Gasteiger partial charge < -0.3 is 4.42 Å². The Morgan fingerprint density at radius 2 is 1.56 bits per heavy atom. The SMILES string of the molecule is Cc1c(C(=O)NN(c2ccccc2)c2ccccc2)oc2c1/C(=N/NC(=O)c1ccccn1)CCC2. The van der Waals surface area contributed by atoms with Gasteiger partial charge in [0.1, 0.15) is 11.5 Å². The number of hydrazone groups is 1. The largest absolute Gasteiger partial charge is 0.455 e. The van der Waals surface area contributed by atoms with E-state index in [9.17, 15) is 9.59 Å². The predicted molar refractivity (Wildman–Crippen MR) is 137 cm³/mol. The molecule has 2 N–H and O–H groups in total. The van der Waals surface area contributed by atoms with Gasteiger partial charge in [-0.1, -0.05) is 42.5 Å². The van der Waals surface area contributed by atoms with Gasteiger partial charge in [0.05, 0.1) is 17.1 Å². The van der Waals surface area contributed by atoms with E-state index in [0.717, 1.165) is 23.4 Å². The molecule has 2 amide bonds. The van der Waals surface area contributed by atoms with Crippen LogP contribution in [-0.2, 0) is 6.42 Å². The van der Waals surface area contributed by atoms with Gasteiger partial charge in [-0.25, -0.2) is 5.43 Å². The maximum Gasteiger partial charge on any atom is 0.306 e. The second-order valence-corrected chi connectivity index (χ2v) is 8.37. The molecule has 0 saturated carbocycles. The standard InChI is InChI=1S/C28H25N5O3/c1-19-25-22(30-31-27(34)23-15-8-9-18-29-23)16-10-17-24(25)36-26(19)28(35)32-33(20-11-4-2-5-12-20)21-13-6-3-7-14-21/h2-9,11-15,18H,10,16-17H2,1H3,(H,31,34)(H,32,35)/b30-22+. The first-order valence-electron chi connectivity index (χ1n) is 11.7. The molecular formula is C28H25N5O3. The molecule has 2 heterocycles. The molecular weight excluding hydrogens is 454 g/mol. The van der Waals surface area contributed by atoms with Crippen LogP contribution in [0.2, 0.25) is 0 Å². The first-order chi connectivity index (χ1) is 17.6. The number of nitrogens with one attached hydrogen (secondary N) is 2. The monoisotopic (exact) mass is 479 g/mol. The Hall–Kier alpha value is -4.72. The van der Waals surface area contributed by atoms with Crippen LogP contribution in [-0.4, -0.2) is 22.5 Å². The van der Waals surface area contributed by atoms with Gasteiger partial charge in [0, 0.05) is 23.7 Å². The van der Waals surface area contributed by atoms with E-state index in [1.165, 1.54) is 0 Å². The van der Waals surface area contributed by atoms with Crippen molar-refractivity contribution < 1.29 is 14.0 Å². The van der Waals surface area contributed by atoms with Crippen LogP contribution in [0.25, 0.3) is 0 Å². The summed E-state index contributed by atoms with van der Waals surface area (Å²) < 4.78 is 6.05. The molecule has 1 aliphatic rings. The van der Waals surface area contributed by atoms with Gasteiger partial charge in [-0.05, 0) is 56.2 Å². The van der Waals surface area contributed by atoms with Crippen LogP contribution >= 0.6 is 0 Å². The molecule has 2 aromatic heterocycles. The van der Waals surface area contributed by atoms with E-state index in [1.54, 1.807) is 29.4 Å². The molecule has 36 heavy (non-hydrogen) atoms. The van der Waals surface area contributed by atoms with Crippen molar-refractivity contribution in [2.75, 3.05) is 5.01 Å². The number of hydrogen-bond acceptors (Lipinski definition) is 6. The van der Waals surface area contributed by atoms with Crippen LogP contribution in [0.4, 0.5) is 11.4 Å². The molecule has 180 valence electrons. The molecule has 4 aromatic rings. The molecule has 5 rings (SSSR count). The number of anilines is 2. The zero-order chi connectivity index (χ0) is 24.9. The van der Waals surface area contributed by atoms with E-state index in [0.29, 0.717) is 29.9 Å². The molecule has 0 atom stereocenters. The highest BCUT2D eigenvalue weighted by Crippen LogP contribution is 2.30. The molecule has 0 saturated heterocycles. The second kappa shape index (κ2) is 10.3. The average Bonchev–Trinajstić information content (AvgIpc) is 3.28. The molecule has 8 nitrogen and oxygen atoms in total. The summed E-state index contributed by atoms with van der Waals surface area (Å²) in [5.41, 5.74) is 9.62. The summed E-state index contributed by atoms with van der Waals surface area (Å²) in [5, 5.41) is 6.09. The van der Waals surface area contributed by atoms with Crippen molar-refractivity contribution >= 4 is 28.9 Å². The van der Waals surface area contributed by atoms with Crippen LogP contribution in [0.5, 0.6) is 0 Å². The second-order valence-electron chi connectivity index (χ2n) is 8.37. The van der Waals surface area contributed by atoms with Gasteiger partial charge in [-0.2, -0.15) is 5.10 Å². The number of hydrazine groups is 1. The number of furan rings is 1. The first-order valence-corrected chi connectivity index (χ1v) is 11.7. The number of aromatic nitrogens is 1. The maximum absolute atomic E-state index is 13.4. The third-order valence-corrected chi connectivity index (χ3v) is 5.96. The Balaban J connectivity index is 1.41. The van der Waals surface area contributed by atoms with Crippen molar-refractivity contribution in [3.8, 4) is 0 Å². The lowest BCUT2D eigenvalue weighted by Crippen LogP contribution is -2.39. The van der Waals surface area contributed by atoms with Crippen LogP contribution in [0, 0.1) is 6.92 Å². The van der Waals surface area contributed by atoms with Crippen molar-refractivity contribution in [1.82, 2.24) is 15.8 Å². The lowest BCUT2D eigenvalue weighted by Gasteiger charge is -2.25. The van der Waals surface area contributed by atoms with E-state index in [2.05, 4.69) is 20.9 Å². The quantitative estimate of drug-likeness (QED) is 0.382. The highest BCUT2D eigenvalue weighted by molar-refractivity contribution is 6.07. The fourth-order valence-corrected chi connectivity index (χ4v) is 4.25. The minimum Gasteiger partial charge on any atom is -0.455 e. The van der Waals surface area contributed by atoms with Crippen molar-refractivity contribution in [3.63, 3.8) is 0 Å². The average molecular weight is 480 g/mol. The van der Waals surface area contributed by atoms with Gasteiger partial charge in [0.25, 0.3) is 5.91 Å². The van der Waals surface area contributed by atoms with E-state index in [4.69, 9.17) is 4.42 Å². The van der Waals surface area contributed by atoms with Crippen molar-refractivity contribution in [2.24, 2.45) is 5.10 Å². The fraction of sp³-hybridized carbons (Fsp3) is 0.143. The smallest absolute Gasteiger partial charge is 0.306 e. The van der Waals surface area contributed by atoms with Crippen molar-refractivity contribution in [3.05, 3.63) is 113 Å². The molecule has 2 aromatic carbocycles. The summed E-state index contributed by atoms with van der Waals surface area (Å²) in [5.74, 6) is 0.158. The van der Waals surface area contributed by atoms with Gasteiger partial charge in [-0.15, -0.1) is 0 Å². The number of carbonyl (C=O) groups excluding carboxylic acids is 2. The highest BCUT2D eigenvalue weighted by Gasteiger charge is 2.29. The Bertz CT molecular complexity index is 1360. The van der Waals surface area contributed by atoms with E-state index in [-0.39, 0.29) is 17.4 Å². The summed E-state index contributed by atoms with van der Waals surface area (Å²) in [7, 11) is 0. The van der Waals surface area contributed by atoms with E-state index < -0.39 is 5.91 Å². The highest BCUT2D eigenvalue weighted by atomic mass is 16.4. The number of rotatable bonds is 6. The predicted octanol–water partition coefficient (Wildman–Crippen LogP) is 4.94. The summed E-state index contributed by atoms with van der Waals surface area (Å²) >= 11 is 0. The Labute approximate surface area is 208 Å². The molecule has 8 heteroatoms. The number of benzene rings is 2. The minimum absolute atomic E-state index is 0.225. The summed E-state index contributed by atoms with van der Waals surface area (Å²) in [6.07, 6.45) is 3.72. The van der Waals surface area contributed by atoms with Gasteiger partial charge >= 0.3 is 5.91 Å². The molecule has 0 radical (unpaired) electrons. The van der Waals surface area contributed by atoms with E-state index in [1.807, 2.05) is 67.6 Å². The third kappa shape index (κ3) is 4.74. The zero-order valence-corrected chi connectivity index (χ0v) is 19.8. The lowest BCUT2D eigenvalue weighted by atomic mass is 9.93. The van der Waals surface area contributed by atoms with Gasteiger partial charge in [-0.3, -0.25) is 25.0 Å². The normalized spacial score (nSPS) is 13.6. The molecule has 0 bridgehead atoms. The summed E-state index contributed by atoms with van der Waals surface area (Å²) in [4.78, 5) is 29.9. The maximum atomic E-state index is 13.4. The van der Waals surface area contributed by atoms with Crippen LogP contribution < -0.4 is 15.9 Å². The molecule has 0 unspecified atom stereocenters. The van der Waals surface area contributed by atoms with Crippen LogP contribution in [0.1, 0.15) is 50.8 Å². The molecule has 0 aliphatic heterocycles.